The fourth-order valence-electron chi connectivity index (χ4n) is 3.36. The number of anilines is 3. The molecule has 0 aliphatic heterocycles. The van der Waals surface area contributed by atoms with Gasteiger partial charge in [0, 0.05) is 17.4 Å². The molecule has 158 valence electrons. The monoisotopic (exact) mass is 435 g/mol. The summed E-state index contributed by atoms with van der Waals surface area (Å²) >= 11 is 0. The Morgan fingerprint density at radius 2 is 1.87 bits per heavy atom. The Bertz CT molecular complexity index is 1360. The summed E-state index contributed by atoms with van der Waals surface area (Å²) in [6, 6.07) is 18.7. The molecular formula is C22H21N5O3S. The predicted molar refractivity (Wildman–Crippen MR) is 120 cm³/mol. The quantitative estimate of drug-likeness (QED) is 0.454. The average molecular weight is 436 g/mol. The highest BCUT2D eigenvalue weighted by molar-refractivity contribution is 7.93. The van der Waals surface area contributed by atoms with E-state index >= 15 is 0 Å². The minimum Gasteiger partial charge on any atom is -0.495 e. The number of ether oxygens (including phenoxy) is 1. The van der Waals surface area contributed by atoms with Crippen molar-refractivity contribution >= 4 is 33.0 Å². The van der Waals surface area contributed by atoms with Crippen LogP contribution in [0, 0.1) is 0 Å². The second-order valence-corrected chi connectivity index (χ2v) is 9.37. The van der Waals surface area contributed by atoms with E-state index in [-0.39, 0.29) is 5.25 Å². The van der Waals surface area contributed by atoms with Gasteiger partial charge in [0.05, 0.1) is 18.0 Å². The highest BCUT2D eigenvalue weighted by Gasteiger charge is 2.35. The number of hydrogen-bond donors (Lipinski definition) is 2. The van der Waals surface area contributed by atoms with E-state index in [1.807, 2.05) is 60.8 Å². The molecule has 31 heavy (non-hydrogen) atoms. The number of nitrogens with zero attached hydrogens (tertiary/aromatic N) is 3. The van der Waals surface area contributed by atoms with Crippen LogP contribution < -0.4 is 14.8 Å². The molecule has 9 heteroatoms. The van der Waals surface area contributed by atoms with Crippen LogP contribution in [0.4, 0.5) is 17.3 Å². The van der Waals surface area contributed by atoms with Gasteiger partial charge in [0.1, 0.15) is 5.75 Å². The van der Waals surface area contributed by atoms with E-state index in [2.05, 4.69) is 20.1 Å². The highest BCUT2D eigenvalue weighted by atomic mass is 32.2. The minimum atomic E-state index is -3.30. The zero-order valence-electron chi connectivity index (χ0n) is 16.8. The highest BCUT2D eigenvalue weighted by Crippen LogP contribution is 2.31. The van der Waals surface area contributed by atoms with Gasteiger partial charge in [0.2, 0.25) is 16.0 Å². The molecule has 8 nitrogen and oxygen atoms in total. The normalized spacial score (nSPS) is 13.8. The zero-order chi connectivity index (χ0) is 21.4. The molecule has 2 N–H and O–H groups in total. The maximum Gasteiger partial charge on any atom is 0.247 e. The van der Waals surface area contributed by atoms with Crippen LogP contribution >= 0.6 is 0 Å². The van der Waals surface area contributed by atoms with Gasteiger partial charge < -0.3 is 10.1 Å². The van der Waals surface area contributed by atoms with Gasteiger partial charge in [-0.3, -0.25) is 4.72 Å². The van der Waals surface area contributed by atoms with E-state index in [1.54, 1.807) is 17.7 Å². The van der Waals surface area contributed by atoms with Gasteiger partial charge in [-0.15, -0.1) is 5.10 Å². The summed E-state index contributed by atoms with van der Waals surface area (Å²) in [6.07, 6.45) is 3.32. The Balaban J connectivity index is 1.42. The van der Waals surface area contributed by atoms with Crippen LogP contribution in [0.15, 0.2) is 66.9 Å². The molecule has 0 unspecified atom stereocenters. The molecule has 2 aromatic heterocycles. The molecule has 5 rings (SSSR count). The number of aromatic nitrogens is 3. The largest absolute Gasteiger partial charge is 0.495 e. The predicted octanol–water partition coefficient (Wildman–Crippen LogP) is 4.05. The van der Waals surface area contributed by atoms with Crippen molar-refractivity contribution in [3.63, 3.8) is 0 Å². The first-order valence-electron chi connectivity index (χ1n) is 9.90. The molecule has 0 radical (unpaired) electrons. The van der Waals surface area contributed by atoms with Crippen LogP contribution in [0.25, 0.3) is 16.8 Å². The summed E-state index contributed by atoms with van der Waals surface area (Å²) in [6.45, 7) is 0. The maximum absolute atomic E-state index is 12.2. The molecule has 0 spiro atoms. The third kappa shape index (κ3) is 4.04. The maximum atomic E-state index is 12.2. The van der Waals surface area contributed by atoms with E-state index in [0.29, 0.717) is 23.0 Å². The molecule has 2 heterocycles. The molecule has 0 saturated heterocycles. The van der Waals surface area contributed by atoms with Crippen molar-refractivity contribution in [1.82, 2.24) is 14.6 Å². The van der Waals surface area contributed by atoms with Gasteiger partial charge in [-0.05, 0) is 54.8 Å². The van der Waals surface area contributed by atoms with Crippen LogP contribution in [0.3, 0.4) is 0 Å². The van der Waals surface area contributed by atoms with Gasteiger partial charge in [0.25, 0.3) is 0 Å². The van der Waals surface area contributed by atoms with Crippen molar-refractivity contribution in [2.45, 2.75) is 18.1 Å². The second-order valence-electron chi connectivity index (χ2n) is 7.41. The van der Waals surface area contributed by atoms with Crippen molar-refractivity contribution in [3.8, 4) is 16.9 Å². The third-order valence-corrected chi connectivity index (χ3v) is 6.97. The first-order valence-corrected chi connectivity index (χ1v) is 11.4. The summed E-state index contributed by atoms with van der Waals surface area (Å²) in [4.78, 5) is 4.50. The number of para-hydroxylation sites is 2. The van der Waals surface area contributed by atoms with Gasteiger partial charge in [-0.25, -0.2) is 12.9 Å². The average Bonchev–Trinajstić information content (AvgIpc) is 3.55. The van der Waals surface area contributed by atoms with Crippen molar-refractivity contribution in [2.24, 2.45) is 0 Å². The topological polar surface area (TPSA) is 97.6 Å². The molecule has 4 aromatic rings. The van der Waals surface area contributed by atoms with Crippen molar-refractivity contribution in [1.29, 1.82) is 0 Å². The van der Waals surface area contributed by atoms with Crippen molar-refractivity contribution in [2.75, 3.05) is 17.1 Å². The van der Waals surface area contributed by atoms with E-state index in [0.717, 1.165) is 29.7 Å². The first kappa shape index (κ1) is 19.4. The SMILES string of the molecule is COc1ccccc1Nc1nc2ccc(-c3cccc(NS(=O)(=O)C4CC4)c3)cn2n1. The Morgan fingerprint density at radius 3 is 2.68 bits per heavy atom. The van der Waals surface area contributed by atoms with E-state index in [9.17, 15) is 8.42 Å². The number of sulfonamides is 1. The van der Waals surface area contributed by atoms with Crippen LogP contribution in [0.5, 0.6) is 5.75 Å². The molecule has 0 atom stereocenters. The van der Waals surface area contributed by atoms with Crippen molar-refractivity contribution < 1.29 is 13.2 Å². The minimum absolute atomic E-state index is 0.267. The summed E-state index contributed by atoms with van der Waals surface area (Å²) in [5.74, 6) is 1.15. The summed E-state index contributed by atoms with van der Waals surface area (Å²) in [5, 5.41) is 7.42. The van der Waals surface area contributed by atoms with E-state index in [1.165, 1.54) is 0 Å². The molecule has 1 aliphatic rings. The molecule has 1 aliphatic carbocycles. The van der Waals surface area contributed by atoms with E-state index in [4.69, 9.17) is 4.74 Å². The van der Waals surface area contributed by atoms with Crippen LogP contribution in [0.2, 0.25) is 0 Å². The van der Waals surface area contributed by atoms with Gasteiger partial charge in [-0.2, -0.15) is 4.98 Å². The fourth-order valence-corrected chi connectivity index (χ4v) is 4.74. The second kappa shape index (κ2) is 7.59. The van der Waals surface area contributed by atoms with Crippen LogP contribution in [-0.4, -0.2) is 35.4 Å². The Morgan fingerprint density at radius 1 is 1.03 bits per heavy atom. The number of pyridine rings is 1. The lowest BCUT2D eigenvalue weighted by atomic mass is 10.1. The van der Waals surface area contributed by atoms with Crippen LogP contribution in [0.1, 0.15) is 12.8 Å². The summed E-state index contributed by atoms with van der Waals surface area (Å²) < 4.78 is 34.2. The number of benzene rings is 2. The Hall–Kier alpha value is -3.59. The Kier molecular flexibility index (Phi) is 4.74. The van der Waals surface area contributed by atoms with Gasteiger partial charge in [-0.1, -0.05) is 24.3 Å². The Labute approximate surface area is 179 Å². The first-order chi connectivity index (χ1) is 15.0. The molecule has 1 fully saturated rings. The molecule has 0 amide bonds. The molecule has 2 aromatic carbocycles. The summed E-state index contributed by atoms with van der Waals surface area (Å²) in [7, 11) is -1.69. The zero-order valence-corrected chi connectivity index (χ0v) is 17.6. The lowest BCUT2D eigenvalue weighted by molar-refractivity contribution is 0.417. The number of hydrogen-bond acceptors (Lipinski definition) is 6. The lowest BCUT2D eigenvalue weighted by Crippen LogP contribution is -2.17. The van der Waals surface area contributed by atoms with E-state index < -0.39 is 10.0 Å². The number of rotatable bonds is 7. The van der Waals surface area contributed by atoms with Crippen LogP contribution in [-0.2, 0) is 10.0 Å². The number of nitrogens with one attached hydrogen (secondary N) is 2. The third-order valence-electron chi connectivity index (χ3n) is 5.10. The fraction of sp³-hybridized carbons (Fsp3) is 0.182. The molecular weight excluding hydrogens is 414 g/mol. The lowest BCUT2D eigenvalue weighted by Gasteiger charge is -2.09. The molecule has 0 bridgehead atoms. The number of fused-ring (bicyclic) bond motifs is 1. The summed E-state index contributed by atoms with van der Waals surface area (Å²) in [5.41, 5.74) is 3.80. The van der Waals surface area contributed by atoms with Gasteiger partial charge in [0.15, 0.2) is 5.65 Å². The van der Waals surface area contributed by atoms with Crippen molar-refractivity contribution in [3.05, 3.63) is 66.9 Å². The number of methoxy groups -OCH3 is 1. The molecule has 1 saturated carbocycles. The standard InChI is InChI=1S/C22H21N5O3S/c1-30-20-8-3-2-7-19(20)23-22-24-21-12-9-16(14-27(21)25-22)15-5-4-6-17(13-15)26-31(28,29)18-10-11-18/h2-9,12-14,18,26H,10-11H2,1H3,(H,23,25). The van der Waals surface area contributed by atoms with Gasteiger partial charge >= 0.3 is 0 Å². The smallest absolute Gasteiger partial charge is 0.247 e.